The molecule has 0 unspecified atom stereocenters. The van der Waals surface area contributed by atoms with E-state index in [0.717, 1.165) is 0 Å². The molecule has 0 saturated heterocycles. The Labute approximate surface area is 133 Å². The van der Waals surface area contributed by atoms with Crippen LogP contribution in [0.5, 0.6) is 0 Å². The Hall–Kier alpha value is -2.54. The SMILES string of the molecule is C=C/C=C\C.Cc1ccc(-n2c(C)cc3ccccc32)cc1. The van der Waals surface area contributed by atoms with Crippen molar-refractivity contribution in [1.29, 1.82) is 0 Å². The molecule has 112 valence electrons. The van der Waals surface area contributed by atoms with Gasteiger partial charge in [0.15, 0.2) is 0 Å². The first-order valence-corrected chi connectivity index (χ1v) is 7.55. The molecular weight excluding hydrogens is 266 g/mol. The van der Waals surface area contributed by atoms with Gasteiger partial charge >= 0.3 is 0 Å². The molecule has 0 fully saturated rings. The monoisotopic (exact) mass is 289 g/mol. The third kappa shape index (κ3) is 3.56. The van der Waals surface area contributed by atoms with E-state index in [4.69, 9.17) is 0 Å². The van der Waals surface area contributed by atoms with Gasteiger partial charge in [0, 0.05) is 16.8 Å². The van der Waals surface area contributed by atoms with Crippen molar-refractivity contribution in [2.45, 2.75) is 20.8 Å². The molecule has 0 aliphatic heterocycles. The van der Waals surface area contributed by atoms with E-state index < -0.39 is 0 Å². The Kier molecular flexibility index (Phi) is 5.37. The van der Waals surface area contributed by atoms with Crippen molar-refractivity contribution in [2.24, 2.45) is 0 Å². The van der Waals surface area contributed by atoms with Gasteiger partial charge in [-0.15, -0.1) is 0 Å². The van der Waals surface area contributed by atoms with Crippen molar-refractivity contribution in [1.82, 2.24) is 4.57 Å². The molecule has 0 bridgehead atoms. The lowest BCUT2D eigenvalue weighted by atomic mass is 10.2. The minimum atomic E-state index is 1.23. The van der Waals surface area contributed by atoms with Crippen molar-refractivity contribution >= 4 is 10.9 Å². The summed E-state index contributed by atoms with van der Waals surface area (Å²) in [6.07, 6.45) is 5.58. The fourth-order valence-electron chi connectivity index (χ4n) is 2.47. The van der Waals surface area contributed by atoms with E-state index in [1.54, 1.807) is 6.08 Å². The summed E-state index contributed by atoms with van der Waals surface area (Å²) in [5, 5.41) is 1.30. The zero-order valence-electron chi connectivity index (χ0n) is 13.6. The van der Waals surface area contributed by atoms with Crippen LogP contribution in [0.2, 0.25) is 0 Å². The highest BCUT2D eigenvalue weighted by Gasteiger charge is 2.06. The maximum atomic E-state index is 3.46. The van der Waals surface area contributed by atoms with E-state index >= 15 is 0 Å². The second kappa shape index (κ2) is 7.46. The fraction of sp³-hybridized carbons (Fsp3) is 0.143. The van der Waals surface area contributed by atoms with Crippen molar-refractivity contribution < 1.29 is 0 Å². The van der Waals surface area contributed by atoms with Gasteiger partial charge < -0.3 is 4.57 Å². The zero-order valence-corrected chi connectivity index (χ0v) is 13.6. The summed E-state index contributed by atoms with van der Waals surface area (Å²) < 4.78 is 2.30. The van der Waals surface area contributed by atoms with Crippen LogP contribution in [0.1, 0.15) is 18.2 Å². The van der Waals surface area contributed by atoms with Gasteiger partial charge in [-0.1, -0.05) is 60.7 Å². The lowest BCUT2D eigenvalue weighted by Crippen LogP contribution is -1.95. The van der Waals surface area contributed by atoms with E-state index in [2.05, 4.69) is 79.6 Å². The average molecular weight is 289 g/mol. The molecule has 1 heterocycles. The highest BCUT2D eigenvalue weighted by molar-refractivity contribution is 5.83. The molecule has 0 atom stereocenters. The summed E-state index contributed by atoms with van der Waals surface area (Å²) in [7, 11) is 0. The molecule has 3 aromatic rings. The molecule has 1 heteroatoms. The van der Waals surface area contributed by atoms with E-state index in [9.17, 15) is 0 Å². The van der Waals surface area contributed by atoms with Gasteiger partial charge in [0.25, 0.3) is 0 Å². The summed E-state index contributed by atoms with van der Waals surface area (Å²) >= 11 is 0. The average Bonchev–Trinajstić information content (AvgIpc) is 2.86. The van der Waals surface area contributed by atoms with Gasteiger partial charge in [-0.05, 0) is 45.0 Å². The van der Waals surface area contributed by atoms with Crippen molar-refractivity contribution in [2.75, 3.05) is 0 Å². The third-order valence-electron chi connectivity index (χ3n) is 3.52. The minimum absolute atomic E-state index is 1.23. The molecule has 3 rings (SSSR count). The second-order valence-corrected chi connectivity index (χ2v) is 5.28. The number of rotatable bonds is 2. The molecule has 2 aromatic carbocycles. The van der Waals surface area contributed by atoms with Gasteiger partial charge in [-0.2, -0.15) is 0 Å². The quantitative estimate of drug-likeness (QED) is 0.510. The van der Waals surface area contributed by atoms with Crippen molar-refractivity contribution in [3.8, 4) is 5.69 Å². The first kappa shape index (κ1) is 15.8. The Morgan fingerprint density at radius 1 is 0.955 bits per heavy atom. The van der Waals surface area contributed by atoms with Crippen molar-refractivity contribution in [3.63, 3.8) is 0 Å². The number of fused-ring (bicyclic) bond motifs is 1. The molecule has 0 aliphatic rings. The highest BCUT2D eigenvalue weighted by Crippen LogP contribution is 2.23. The molecule has 0 spiro atoms. The lowest BCUT2D eigenvalue weighted by Gasteiger charge is -2.08. The van der Waals surface area contributed by atoms with E-state index in [0.29, 0.717) is 0 Å². The molecule has 0 radical (unpaired) electrons. The molecular formula is C21H23N. The number of hydrogen-bond donors (Lipinski definition) is 0. The van der Waals surface area contributed by atoms with Gasteiger partial charge in [0.1, 0.15) is 0 Å². The zero-order chi connectivity index (χ0) is 15.9. The van der Waals surface area contributed by atoms with Crippen LogP contribution in [-0.2, 0) is 0 Å². The largest absolute Gasteiger partial charge is 0.314 e. The van der Waals surface area contributed by atoms with E-state index in [1.807, 2.05) is 19.1 Å². The topological polar surface area (TPSA) is 4.93 Å². The second-order valence-electron chi connectivity index (χ2n) is 5.28. The number of aromatic nitrogens is 1. The highest BCUT2D eigenvalue weighted by atomic mass is 15.0. The Balaban J connectivity index is 0.000000309. The maximum absolute atomic E-state index is 3.46. The number of aryl methyl sites for hydroxylation is 2. The van der Waals surface area contributed by atoms with Crippen LogP contribution in [0.4, 0.5) is 0 Å². The fourth-order valence-corrected chi connectivity index (χ4v) is 2.47. The first-order chi connectivity index (χ1) is 10.7. The normalized spacial score (nSPS) is 10.5. The standard InChI is InChI=1S/C16H15N.C5H8/c1-12-7-9-15(10-8-12)17-13(2)11-14-5-3-4-6-16(14)17;1-3-5-4-2/h3-11H,1-2H3;3-5H,1H2,2H3/b;5-4-. The minimum Gasteiger partial charge on any atom is -0.314 e. The summed E-state index contributed by atoms with van der Waals surface area (Å²) in [6, 6.07) is 19.4. The summed E-state index contributed by atoms with van der Waals surface area (Å²) in [6.45, 7) is 9.69. The molecule has 1 nitrogen and oxygen atoms in total. The Morgan fingerprint density at radius 2 is 1.64 bits per heavy atom. The molecule has 0 aliphatic carbocycles. The molecule has 1 aromatic heterocycles. The predicted octanol–water partition coefficient (Wildman–Crippen LogP) is 6.00. The van der Waals surface area contributed by atoms with Gasteiger partial charge in [0.05, 0.1) is 5.52 Å². The summed E-state index contributed by atoms with van der Waals surface area (Å²) in [5.41, 5.74) is 5.07. The summed E-state index contributed by atoms with van der Waals surface area (Å²) in [5.74, 6) is 0. The molecule has 0 amide bonds. The smallest absolute Gasteiger partial charge is 0.0531 e. The third-order valence-corrected chi connectivity index (χ3v) is 3.52. The number of nitrogens with zero attached hydrogens (tertiary/aromatic N) is 1. The van der Waals surface area contributed by atoms with Crippen LogP contribution in [0.25, 0.3) is 16.6 Å². The Morgan fingerprint density at radius 3 is 2.23 bits per heavy atom. The Bertz CT molecular complexity index is 773. The van der Waals surface area contributed by atoms with Crippen LogP contribution in [-0.4, -0.2) is 4.57 Å². The van der Waals surface area contributed by atoms with Crippen LogP contribution >= 0.6 is 0 Å². The maximum Gasteiger partial charge on any atom is 0.0531 e. The molecule has 0 saturated carbocycles. The van der Waals surface area contributed by atoms with Gasteiger partial charge in [-0.25, -0.2) is 0 Å². The molecule has 0 N–H and O–H groups in total. The van der Waals surface area contributed by atoms with Gasteiger partial charge in [-0.3, -0.25) is 0 Å². The number of para-hydroxylation sites is 1. The summed E-state index contributed by atoms with van der Waals surface area (Å²) in [4.78, 5) is 0. The van der Waals surface area contributed by atoms with Crippen LogP contribution in [0.3, 0.4) is 0 Å². The lowest BCUT2D eigenvalue weighted by molar-refractivity contribution is 1.05. The van der Waals surface area contributed by atoms with Crippen molar-refractivity contribution in [3.05, 3.63) is 90.7 Å². The predicted molar refractivity (Wildman–Crippen MR) is 97.8 cm³/mol. The first-order valence-electron chi connectivity index (χ1n) is 7.55. The van der Waals surface area contributed by atoms with Gasteiger partial charge in [0.2, 0.25) is 0 Å². The van der Waals surface area contributed by atoms with E-state index in [-0.39, 0.29) is 0 Å². The number of hydrogen-bond acceptors (Lipinski definition) is 0. The van der Waals surface area contributed by atoms with Crippen LogP contribution in [0, 0.1) is 13.8 Å². The van der Waals surface area contributed by atoms with Crippen LogP contribution in [0.15, 0.2) is 79.4 Å². The van der Waals surface area contributed by atoms with E-state index in [1.165, 1.54) is 27.8 Å². The number of benzene rings is 2. The molecule has 22 heavy (non-hydrogen) atoms. The number of allylic oxidation sites excluding steroid dienone is 3. The van der Waals surface area contributed by atoms with Crippen LogP contribution < -0.4 is 0 Å².